The number of hydrogen-bond acceptors (Lipinski definition) is 6. The lowest BCUT2D eigenvalue weighted by Crippen LogP contribution is -2.24. The van der Waals surface area contributed by atoms with Crippen molar-refractivity contribution in [1.29, 1.82) is 0 Å². The number of nitrogens with one attached hydrogen (secondary N) is 1. The van der Waals surface area contributed by atoms with Gasteiger partial charge in [-0.25, -0.2) is 4.39 Å². The van der Waals surface area contributed by atoms with E-state index in [1.165, 1.54) is 32.7 Å². The number of hydrogen-bond donors (Lipinski definition) is 1. The lowest BCUT2D eigenvalue weighted by molar-refractivity contribution is -0.138. The number of carbonyl (C=O) groups excluding carboxylic acids is 1. The third-order valence-corrected chi connectivity index (χ3v) is 5.96. The van der Waals surface area contributed by atoms with Crippen molar-refractivity contribution < 1.29 is 31.8 Å². The summed E-state index contributed by atoms with van der Waals surface area (Å²) in [6.45, 7) is 0.137. The number of amides is 1. The zero-order valence-electron chi connectivity index (χ0n) is 21.5. The van der Waals surface area contributed by atoms with E-state index in [-0.39, 0.29) is 43.2 Å². The third kappa shape index (κ3) is 6.72. The molecule has 0 atom stereocenters. The molecule has 0 radical (unpaired) electrons. The first-order valence-electron chi connectivity index (χ1n) is 12.0. The van der Waals surface area contributed by atoms with Crippen LogP contribution in [0.3, 0.4) is 0 Å². The van der Waals surface area contributed by atoms with Crippen LogP contribution in [0, 0.1) is 5.82 Å². The number of pyridine rings is 2. The fraction of sp³-hybridized carbons (Fsp3) is 0.259. The van der Waals surface area contributed by atoms with Crippen LogP contribution in [0.5, 0.6) is 5.75 Å². The van der Waals surface area contributed by atoms with Crippen LogP contribution in [-0.2, 0) is 37.2 Å². The Labute approximate surface area is 226 Å². The molecule has 40 heavy (non-hydrogen) atoms. The van der Waals surface area contributed by atoms with Gasteiger partial charge in [0.1, 0.15) is 5.69 Å². The second kappa shape index (κ2) is 12.1. The fourth-order valence-electron chi connectivity index (χ4n) is 3.94. The molecular formula is C27H25F4N5O4. The van der Waals surface area contributed by atoms with Crippen LogP contribution >= 0.6 is 0 Å². The molecule has 0 aliphatic heterocycles. The van der Waals surface area contributed by atoms with E-state index in [2.05, 4.69) is 15.4 Å². The van der Waals surface area contributed by atoms with Crippen molar-refractivity contribution >= 4 is 5.91 Å². The van der Waals surface area contributed by atoms with Gasteiger partial charge in [-0.1, -0.05) is 24.3 Å². The third-order valence-electron chi connectivity index (χ3n) is 5.96. The van der Waals surface area contributed by atoms with Crippen LogP contribution in [-0.4, -0.2) is 39.5 Å². The smallest absolute Gasteiger partial charge is 0.417 e. The summed E-state index contributed by atoms with van der Waals surface area (Å²) in [6.07, 6.45) is -0.846. The Morgan fingerprint density at radius 1 is 0.975 bits per heavy atom. The maximum atomic E-state index is 14.4. The number of methoxy groups -OCH3 is 2. The van der Waals surface area contributed by atoms with E-state index >= 15 is 0 Å². The van der Waals surface area contributed by atoms with Crippen LogP contribution in [0.25, 0.3) is 0 Å². The molecule has 0 saturated heterocycles. The zero-order chi connectivity index (χ0) is 28.9. The van der Waals surface area contributed by atoms with Crippen molar-refractivity contribution in [2.45, 2.75) is 32.4 Å². The molecule has 0 aliphatic carbocycles. The highest BCUT2D eigenvalue weighted by molar-refractivity contribution is 5.95. The normalized spacial score (nSPS) is 11.4. The van der Waals surface area contributed by atoms with Crippen molar-refractivity contribution in [3.05, 3.63) is 111 Å². The van der Waals surface area contributed by atoms with E-state index < -0.39 is 29.0 Å². The van der Waals surface area contributed by atoms with Gasteiger partial charge < -0.3 is 19.4 Å². The first-order valence-corrected chi connectivity index (χ1v) is 12.0. The number of ether oxygens (including phenoxy) is 2. The molecule has 0 saturated carbocycles. The van der Waals surface area contributed by atoms with Gasteiger partial charge in [-0.3, -0.25) is 19.3 Å². The molecule has 13 heteroatoms. The van der Waals surface area contributed by atoms with Crippen LogP contribution in [0.15, 0.2) is 65.8 Å². The Bertz CT molecular complexity index is 1550. The molecule has 0 fully saturated rings. The van der Waals surface area contributed by atoms with Crippen molar-refractivity contribution in [3.63, 3.8) is 0 Å². The molecule has 4 aromatic rings. The molecule has 1 aromatic carbocycles. The number of carbonyl (C=O) groups is 1. The molecule has 1 N–H and O–H groups in total. The number of rotatable bonds is 10. The van der Waals surface area contributed by atoms with E-state index in [1.54, 1.807) is 28.9 Å². The van der Waals surface area contributed by atoms with Gasteiger partial charge in [-0.15, -0.1) is 0 Å². The molecule has 3 aromatic heterocycles. The molecule has 0 aliphatic rings. The van der Waals surface area contributed by atoms with Gasteiger partial charge in [-0.2, -0.15) is 18.3 Å². The number of benzene rings is 1. The fourth-order valence-corrected chi connectivity index (χ4v) is 3.94. The lowest BCUT2D eigenvalue weighted by Gasteiger charge is -2.11. The minimum absolute atomic E-state index is 0.0139. The number of nitrogens with zero attached hydrogens (tertiary/aromatic N) is 4. The predicted molar refractivity (Wildman–Crippen MR) is 135 cm³/mol. The van der Waals surface area contributed by atoms with E-state index in [0.717, 1.165) is 28.5 Å². The minimum Gasteiger partial charge on any atom is -0.494 e. The maximum absolute atomic E-state index is 14.4. The number of alkyl halides is 3. The first-order chi connectivity index (χ1) is 19.1. The SMILES string of the molecule is COCc1nn(Cc2ccc(Cn3cc(C(F)(F)F)ccc3=O)cc2)cc1C(=O)NCc1nccc(OC)c1F. The molecule has 4 rings (SSSR count). The first kappa shape index (κ1) is 28.5. The Hall–Kier alpha value is -4.52. The van der Waals surface area contributed by atoms with Crippen LogP contribution in [0.2, 0.25) is 0 Å². The largest absolute Gasteiger partial charge is 0.494 e. The second-order valence-corrected chi connectivity index (χ2v) is 8.77. The Morgan fingerprint density at radius 3 is 2.33 bits per heavy atom. The standard InChI is InChI=1S/C27H25F4N5O4/c1-39-16-22-20(26(38)33-11-21-25(28)23(40-2)9-10-32-21)15-36(34-22)13-18-5-3-17(4-6-18)12-35-14-19(27(29,30)31)7-8-24(35)37/h3-10,14-15H,11-13,16H2,1-2H3,(H,33,38). The van der Waals surface area contributed by atoms with Gasteiger partial charge in [0.15, 0.2) is 11.6 Å². The van der Waals surface area contributed by atoms with Gasteiger partial charge in [0.2, 0.25) is 0 Å². The number of aromatic nitrogens is 4. The van der Waals surface area contributed by atoms with Crippen LogP contribution in [0.4, 0.5) is 17.6 Å². The summed E-state index contributed by atoms with van der Waals surface area (Å²) in [4.78, 5) is 28.9. The molecule has 9 nitrogen and oxygen atoms in total. The summed E-state index contributed by atoms with van der Waals surface area (Å²) in [6, 6.07) is 9.93. The highest BCUT2D eigenvalue weighted by atomic mass is 19.4. The monoisotopic (exact) mass is 559 g/mol. The van der Waals surface area contributed by atoms with Crippen molar-refractivity contribution in [2.75, 3.05) is 14.2 Å². The van der Waals surface area contributed by atoms with Crippen LogP contribution < -0.4 is 15.6 Å². The van der Waals surface area contributed by atoms with Crippen molar-refractivity contribution in [1.82, 2.24) is 24.6 Å². The average molecular weight is 560 g/mol. The van der Waals surface area contributed by atoms with E-state index in [9.17, 15) is 27.2 Å². The summed E-state index contributed by atoms with van der Waals surface area (Å²) in [5, 5.41) is 7.05. The highest BCUT2D eigenvalue weighted by Gasteiger charge is 2.31. The molecule has 0 bridgehead atoms. The molecular weight excluding hydrogens is 534 g/mol. The van der Waals surface area contributed by atoms with E-state index in [0.29, 0.717) is 11.3 Å². The summed E-state index contributed by atoms with van der Waals surface area (Å²) in [7, 11) is 2.79. The van der Waals surface area contributed by atoms with E-state index in [1.807, 2.05) is 0 Å². The van der Waals surface area contributed by atoms with Crippen LogP contribution in [0.1, 0.15) is 38.4 Å². The summed E-state index contributed by atoms with van der Waals surface area (Å²) in [5.41, 5.74) is 0.602. The Kier molecular flexibility index (Phi) is 8.63. The van der Waals surface area contributed by atoms with Crippen molar-refractivity contribution in [3.8, 4) is 5.75 Å². The second-order valence-electron chi connectivity index (χ2n) is 8.77. The van der Waals surface area contributed by atoms with Gasteiger partial charge in [0, 0.05) is 37.8 Å². The average Bonchev–Trinajstić information content (AvgIpc) is 3.32. The van der Waals surface area contributed by atoms with Crippen molar-refractivity contribution in [2.24, 2.45) is 0 Å². The van der Waals surface area contributed by atoms with Gasteiger partial charge in [0.25, 0.3) is 11.5 Å². The summed E-state index contributed by atoms with van der Waals surface area (Å²) < 4.78 is 66.0. The zero-order valence-corrected chi connectivity index (χ0v) is 21.5. The summed E-state index contributed by atoms with van der Waals surface area (Å²) in [5.74, 6) is -1.15. The predicted octanol–water partition coefficient (Wildman–Crippen LogP) is 3.78. The molecule has 210 valence electrons. The molecule has 0 spiro atoms. The van der Waals surface area contributed by atoms with Gasteiger partial charge in [0.05, 0.1) is 50.2 Å². The Balaban J connectivity index is 1.45. The topological polar surface area (TPSA) is 100 Å². The maximum Gasteiger partial charge on any atom is 0.417 e. The van der Waals surface area contributed by atoms with E-state index in [4.69, 9.17) is 9.47 Å². The molecule has 3 heterocycles. The minimum atomic E-state index is -4.55. The highest BCUT2D eigenvalue weighted by Crippen LogP contribution is 2.28. The number of halogens is 4. The van der Waals surface area contributed by atoms with Gasteiger partial charge >= 0.3 is 6.18 Å². The lowest BCUT2D eigenvalue weighted by atomic mass is 10.1. The molecule has 0 unspecified atom stereocenters. The Morgan fingerprint density at radius 2 is 1.68 bits per heavy atom. The quantitative estimate of drug-likeness (QED) is 0.297. The van der Waals surface area contributed by atoms with Gasteiger partial charge in [-0.05, 0) is 17.2 Å². The summed E-state index contributed by atoms with van der Waals surface area (Å²) >= 11 is 0. The molecule has 1 amide bonds.